The minimum absolute atomic E-state index is 0.0170. The number of piperidine rings is 1. The highest BCUT2D eigenvalue weighted by Gasteiger charge is 2.53. The van der Waals surface area contributed by atoms with Crippen molar-refractivity contribution in [2.24, 2.45) is 35.5 Å². The maximum Gasteiger partial charge on any atom is 0.329 e. The van der Waals surface area contributed by atoms with Gasteiger partial charge in [0, 0.05) is 58.5 Å². The zero-order valence-corrected chi connectivity index (χ0v) is 42.5. The summed E-state index contributed by atoms with van der Waals surface area (Å²) in [5, 5.41) is 35.2. The Hall–Kier alpha value is -4.26. The summed E-state index contributed by atoms with van der Waals surface area (Å²) in [5.74, 6) is -7.92. The Morgan fingerprint density at radius 3 is 2.32 bits per heavy atom. The highest BCUT2D eigenvalue weighted by Crippen LogP contribution is 2.39. The van der Waals surface area contributed by atoms with Crippen molar-refractivity contribution < 1.29 is 57.9 Å². The number of allylic oxidation sites excluding steroid dienone is 6. The molecule has 3 aliphatic heterocycles. The number of cyclic esters (lactones) is 1. The van der Waals surface area contributed by atoms with Gasteiger partial charge in [-0.25, -0.2) is 9.48 Å². The van der Waals surface area contributed by atoms with Gasteiger partial charge in [-0.15, -0.1) is 5.10 Å². The highest BCUT2D eigenvalue weighted by atomic mass is 16.6. The summed E-state index contributed by atoms with van der Waals surface area (Å²) in [6, 6.07) is -1.19. The summed E-state index contributed by atoms with van der Waals surface area (Å²) in [6.07, 6.45) is 13.9. The Bertz CT molecular complexity index is 2020. The number of ether oxygens (including phenoxy) is 5. The predicted octanol–water partition coefficient (Wildman–Crippen LogP) is 6.05. The van der Waals surface area contributed by atoms with Crippen molar-refractivity contribution in [2.75, 3.05) is 27.9 Å². The monoisotopic (exact) mass is 966 g/mol. The summed E-state index contributed by atoms with van der Waals surface area (Å²) in [4.78, 5) is 72.3. The number of aliphatic hydroxyl groups excluding tert-OH is 1. The van der Waals surface area contributed by atoms with Gasteiger partial charge in [-0.1, -0.05) is 71.1 Å². The van der Waals surface area contributed by atoms with Crippen molar-refractivity contribution in [1.29, 1.82) is 0 Å². The van der Waals surface area contributed by atoms with Crippen LogP contribution in [0, 0.1) is 35.5 Å². The number of amides is 1. The number of carbonyl (C=O) groups is 5. The fourth-order valence-electron chi connectivity index (χ4n) is 10.7. The SMILES string of the molecule is COC1CC(C[C@@H](C)[C@@H]2CC(=O)C(C)/C=C(\C)[C@@H](O)C(OC)C(=O)C(C)C[C@H](C)/C=C/C=C/C=C(\C)[C@@H](OC)CC3CCC(C)C(O)(O3)C(=O)C(=O)N3CCCCC3C(=O)O2)CCC1n1cnnn1. The molecule has 1 aliphatic carbocycles. The summed E-state index contributed by atoms with van der Waals surface area (Å²) < 4.78 is 31.6. The first-order valence-electron chi connectivity index (χ1n) is 25.0. The molecule has 1 aromatic heterocycles. The molecule has 4 heterocycles. The number of aromatic nitrogens is 4. The topological polar surface area (TPSA) is 219 Å². The molecule has 0 spiro atoms. The lowest BCUT2D eigenvalue weighted by atomic mass is 9.77. The van der Waals surface area contributed by atoms with E-state index < -0.39 is 77.8 Å². The second-order valence-corrected chi connectivity index (χ2v) is 20.4. The van der Waals surface area contributed by atoms with Gasteiger partial charge in [-0.05, 0) is 117 Å². The smallest absolute Gasteiger partial charge is 0.329 e. The van der Waals surface area contributed by atoms with E-state index in [1.165, 1.54) is 12.0 Å². The van der Waals surface area contributed by atoms with Crippen LogP contribution in [0.5, 0.6) is 0 Å². The van der Waals surface area contributed by atoms with Gasteiger partial charge in [0.2, 0.25) is 5.79 Å². The quantitative estimate of drug-likeness (QED) is 0.181. The van der Waals surface area contributed by atoms with E-state index >= 15 is 0 Å². The number of methoxy groups -OCH3 is 3. The van der Waals surface area contributed by atoms with Gasteiger partial charge < -0.3 is 38.8 Å². The Balaban J connectivity index is 1.46. The molecule has 17 heteroatoms. The Morgan fingerprint density at radius 1 is 0.884 bits per heavy atom. The standard InChI is InChI=1S/C52H79N5O12/c1-31-16-12-11-13-17-32(2)43(65-8)28-39-21-19-37(7)52(64,69-39)49(61)50(62)56-23-15-14-18-41(56)51(63)68-44(34(4)26-38-20-22-40(45(27-38)66-9)57-30-53-54-55-57)29-42(58)33(3)25-36(6)47(60)48(67-10)46(59)35(5)24-31/h11-13,16-17,25,30-31,33-35,37-41,43-45,47-48,60,64H,14-15,18-24,26-29H2,1-10H3/b13-11+,16-12+,32-17+,36-25+/t31-,33?,34-,35?,37?,38?,39?,40?,41?,43+,44+,45?,47-,48?,52?/m1/s1. The lowest BCUT2D eigenvalue weighted by Gasteiger charge is -2.42. The molecule has 1 amide bonds. The largest absolute Gasteiger partial charge is 0.460 e. The molecule has 2 saturated heterocycles. The van der Waals surface area contributed by atoms with E-state index in [1.54, 1.807) is 52.1 Å². The molecule has 1 aromatic rings. The van der Waals surface area contributed by atoms with E-state index in [2.05, 4.69) is 15.5 Å². The van der Waals surface area contributed by atoms with Crippen LogP contribution in [0.15, 0.2) is 53.9 Å². The van der Waals surface area contributed by atoms with Gasteiger partial charge >= 0.3 is 5.97 Å². The Labute approximate surface area is 408 Å². The number of aliphatic hydroxyl groups is 2. The molecular formula is C52H79N5O12. The molecule has 384 valence electrons. The predicted molar refractivity (Wildman–Crippen MR) is 256 cm³/mol. The average molecular weight is 966 g/mol. The van der Waals surface area contributed by atoms with Crippen molar-refractivity contribution in [1.82, 2.24) is 25.1 Å². The molecule has 0 aromatic carbocycles. The van der Waals surface area contributed by atoms with Crippen molar-refractivity contribution in [3.8, 4) is 0 Å². The molecule has 3 fully saturated rings. The molecule has 0 radical (unpaired) electrons. The van der Waals surface area contributed by atoms with E-state index in [0.717, 1.165) is 18.4 Å². The van der Waals surface area contributed by atoms with Crippen LogP contribution in [0.3, 0.4) is 0 Å². The second-order valence-electron chi connectivity index (χ2n) is 20.4. The highest BCUT2D eigenvalue weighted by molar-refractivity contribution is 6.39. The van der Waals surface area contributed by atoms with Crippen LogP contribution < -0.4 is 0 Å². The molecule has 15 atom stereocenters. The van der Waals surface area contributed by atoms with Crippen molar-refractivity contribution in [3.63, 3.8) is 0 Å². The van der Waals surface area contributed by atoms with E-state index in [0.29, 0.717) is 56.9 Å². The molecule has 2 N–H and O–H groups in total. The summed E-state index contributed by atoms with van der Waals surface area (Å²) in [5.41, 5.74) is 1.27. The molecule has 69 heavy (non-hydrogen) atoms. The first-order chi connectivity index (χ1) is 32.8. The van der Waals surface area contributed by atoms with Crippen molar-refractivity contribution in [3.05, 3.63) is 53.9 Å². The van der Waals surface area contributed by atoms with Crippen LogP contribution in [-0.2, 0) is 47.7 Å². The molecule has 5 rings (SSSR count). The minimum Gasteiger partial charge on any atom is -0.460 e. The Morgan fingerprint density at radius 2 is 1.64 bits per heavy atom. The van der Waals surface area contributed by atoms with Gasteiger partial charge in [0.1, 0.15) is 36.5 Å². The van der Waals surface area contributed by atoms with Crippen molar-refractivity contribution in [2.45, 2.75) is 180 Å². The van der Waals surface area contributed by atoms with Crippen LogP contribution >= 0.6 is 0 Å². The number of carbonyl (C=O) groups excluding carboxylic acids is 5. The van der Waals surface area contributed by atoms with Gasteiger partial charge in [0.05, 0.1) is 24.4 Å². The fraction of sp³-hybridized carbons (Fsp3) is 0.731. The fourth-order valence-corrected chi connectivity index (χ4v) is 10.7. The number of hydrogen-bond acceptors (Lipinski definition) is 15. The van der Waals surface area contributed by atoms with Crippen molar-refractivity contribution >= 4 is 29.2 Å². The molecular weight excluding hydrogens is 887 g/mol. The third-order valence-electron chi connectivity index (χ3n) is 15.2. The maximum atomic E-state index is 14.5. The average Bonchev–Trinajstić information content (AvgIpc) is 3.88. The van der Waals surface area contributed by atoms with Crippen LogP contribution in [0.1, 0.15) is 132 Å². The number of esters is 1. The van der Waals surface area contributed by atoms with Crippen LogP contribution in [0.4, 0.5) is 0 Å². The first kappa shape index (κ1) is 55.7. The first-order valence-corrected chi connectivity index (χ1v) is 25.0. The van der Waals surface area contributed by atoms with Gasteiger partial charge in [-0.3, -0.25) is 19.2 Å². The number of fused-ring (bicyclic) bond motifs is 3. The number of ketones is 3. The minimum atomic E-state index is -2.43. The zero-order chi connectivity index (χ0) is 50.6. The van der Waals surface area contributed by atoms with Gasteiger partial charge in [-0.2, -0.15) is 0 Å². The Kier molecular flexibility index (Phi) is 20.8. The maximum absolute atomic E-state index is 14.5. The zero-order valence-electron chi connectivity index (χ0n) is 42.5. The third kappa shape index (κ3) is 14.2. The molecule has 10 unspecified atom stereocenters. The number of hydrogen-bond donors (Lipinski definition) is 2. The third-order valence-corrected chi connectivity index (χ3v) is 15.2. The van der Waals surface area contributed by atoms with E-state index in [4.69, 9.17) is 23.7 Å². The molecule has 2 bridgehead atoms. The lowest BCUT2D eigenvalue weighted by molar-refractivity contribution is -0.265. The summed E-state index contributed by atoms with van der Waals surface area (Å²) in [7, 11) is 4.62. The molecule has 4 aliphatic rings. The van der Waals surface area contributed by atoms with E-state index in [9.17, 15) is 34.2 Å². The molecule has 17 nitrogen and oxygen atoms in total. The van der Waals surface area contributed by atoms with E-state index in [-0.39, 0.29) is 60.9 Å². The van der Waals surface area contributed by atoms with Crippen LogP contribution in [0.25, 0.3) is 0 Å². The van der Waals surface area contributed by atoms with Crippen LogP contribution in [-0.4, -0.2) is 141 Å². The van der Waals surface area contributed by atoms with Gasteiger partial charge in [0.25, 0.3) is 11.7 Å². The second kappa shape index (κ2) is 25.7. The number of tetrazole rings is 1. The number of nitrogens with zero attached hydrogens (tertiary/aromatic N) is 5. The summed E-state index contributed by atoms with van der Waals surface area (Å²) >= 11 is 0. The van der Waals surface area contributed by atoms with Gasteiger partial charge in [0.15, 0.2) is 5.78 Å². The summed E-state index contributed by atoms with van der Waals surface area (Å²) in [6.45, 7) is 12.8. The number of rotatable bonds is 7. The number of Topliss-reactive ketones (excluding diaryl/α,β-unsaturated/α-hetero) is 3. The van der Waals surface area contributed by atoms with E-state index in [1.807, 2.05) is 58.1 Å². The van der Waals surface area contributed by atoms with Crippen LogP contribution in [0.2, 0.25) is 0 Å². The lowest BCUT2D eigenvalue weighted by Crippen LogP contribution is -2.61. The molecule has 1 saturated carbocycles. The normalized spacial score (nSPS) is 38.8.